The minimum absolute atomic E-state index is 0.120. The van der Waals surface area contributed by atoms with Crippen molar-refractivity contribution in [1.29, 1.82) is 0 Å². The third kappa shape index (κ3) is 3.89. The number of ether oxygens (including phenoxy) is 2. The van der Waals surface area contributed by atoms with Gasteiger partial charge in [-0.1, -0.05) is 12.1 Å². The van der Waals surface area contributed by atoms with Crippen LogP contribution >= 0.6 is 0 Å². The van der Waals surface area contributed by atoms with Gasteiger partial charge in [0.25, 0.3) is 15.9 Å². The Hall–Kier alpha value is -2.65. The Morgan fingerprint density at radius 2 is 1.76 bits per heavy atom. The molecule has 7 nitrogen and oxygen atoms in total. The first-order chi connectivity index (χ1) is 12.0. The van der Waals surface area contributed by atoms with Crippen molar-refractivity contribution in [3.63, 3.8) is 0 Å². The van der Waals surface area contributed by atoms with Crippen LogP contribution in [0.25, 0.3) is 0 Å². The van der Waals surface area contributed by atoms with Crippen molar-refractivity contribution in [2.24, 2.45) is 0 Å². The number of hydrogen-bond donors (Lipinski definition) is 2. The smallest absolute Gasteiger partial charge is 0.269 e. The Morgan fingerprint density at radius 3 is 2.52 bits per heavy atom. The summed E-state index contributed by atoms with van der Waals surface area (Å²) in [6.07, 6.45) is 0.688. The highest BCUT2D eigenvalue weighted by Crippen LogP contribution is 2.31. The van der Waals surface area contributed by atoms with Gasteiger partial charge in [-0.3, -0.25) is 10.2 Å². The fourth-order valence-electron chi connectivity index (χ4n) is 2.20. The van der Waals surface area contributed by atoms with E-state index in [4.69, 9.17) is 9.47 Å². The van der Waals surface area contributed by atoms with E-state index >= 15 is 0 Å². The summed E-state index contributed by atoms with van der Waals surface area (Å²) >= 11 is 0. The predicted molar refractivity (Wildman–Crippen MR) is 86.2 cm³/mol. The summed E-state index contributed by atoms with van der Waals surface area (Å²) in [5.41, 5.74) is 1.71. The molecule has 0 unspecified atom stereocenters. The maximum absolute atomic E-state index is 13.5. The lowest BCUT2D eigenvalue weighted by molar-refractivity contribution is 0.0941. The second-order valence-corrected chi connectivity index (χ2v) is 6.88. The largest absolute Gasteiger partial charge is 0.490 e. The maximum atomic E-state index is 13.5. The molecule has 3 rings (SSSR count). The molecule has 1 heterocycles. The van der Waals surface area contributed by atoms with Crippen molar-refractivity contribution in [1.82, 2.24) is 10.3 Å². The van der Waals surface area contributed by atoms with E-state index in [1.165, 1.54) is 36.4 Å². The zero-order valence-electron chi connectivity index (χ0n) is 13.0. The number of hydrogen-bond acceptors (Lipinski definition) is 5. The van der Waals surface area contributed by atoms with Crippen molar-refractivity contribution in [3.8, 4) is 11.5 Å². The van der Waals surface area contributed by atoms with Crippen LogP contribution in [-0.4, -0.2) is 27.5 Å². The molecule has 2 aromatic rings. The van der Waals surface area contributed by atoms with Crippen molar-refractivity contribution in [3.05, 3.63) is 53.8 Å². The van der Waals surface area contributed by atoms with Crippen LogP contribution in [0.4, 0.5) is 4.39 Å². The Labute approximate surface area is 143 Å². The lowest BCUT2D eigenvalue weighted by Gasteiger charge is -2.11. The van der Waals surface area contributed by atoms with E-state index in [0.29, 0.717) is 31.1 Å². The van der Waals surface area contributed by atoms with Gasteiger partial charge in [-0.25, -0.2) is 12.8 Å². The average Bonchev–Trinajstić information content (AvgIpc) is 2.85. The zero-order chi connectivity index (χ0) is 17.9. The quantitative estimate of drug-likeness (QED) is 0.802. The molecule has 1 aliphatic heterocycles. The number of amides is 1. The van der Waals surface area contributed by atoms with Crippen LogP contribution in [0.15, 0.2) is 47.4 Å². The fraction of sp³-hybridized carbons (Fsp3) is 0.188. The summed E-state index contributed by atoms with van der Waals surface area (Å²) in [6.45, 7) is 0.893. The monoisotopic (exact) mass is 366 g/mol. The van der Waals surface area contributed by atoms with Crippen LogP contribution in [0.3, 0.4) is 0 Å². The topological polar surface area (TPSA) is 93.7 Å². The van der Waals surface area contributed by atoms with Crippen molar-refractivity contribution in [2.45, 2.75) is 11.3 Å². The highest BCUT2D eigenvalue weighted by Gasteiger charge is 2.20. The third-order valence-corrected chi connectivity index (χ3v) is 4.69. The maximum Gasteiger partial charge on any atom is 0.269 e. The van der Waals surface area contributed by atoms with Crippen molar-refractivity contribution in [2.75, 3.05) is 13.2 Å². The zero-order valence-corrected chi connectivity index (χ0v) is 13.8. The van der Waals surface area contributed by atoms with Crippen LogP contribution in [0.1, 0.15) is 16.8 Å². The van der Waals surface area contributed by atoms with Crippen molar-refractivity contribution < 1.29 is 27.1 Å². The number of carbonyl (C=O) groups excluding carboxylic acids is 1. The van der Waals surface area contributed by atoms with E-state index in [0.717, 1.165) is 6.07 Å². The van der Waals surface area contributed by atoms with Crippen LogP contribution in [0.2, 0.25) is 0 Å². The molecule has 0 fully saturated rings. The normalized spacial score (nSPS) is 13.8. The van der Waals surface area contributed by atoms with Crippen LogP contribution in [0, 0.1) is 5.82 Å². The number of rotatable bonds is 4. The molecule has 0 spiro atoms. The van der Waals surface area contributed by atoms with E-state index in [-0.39, 0.29) is 10.5 Å². The molecule has 25 heavy (non-hydrogen) atoms. The number of sulfonamides is 1. The van der Waals surface area contributed by atoms with Gasteiger partial charge in [0.2, 0.25) is 0 Å². The minimum Gasteiger partial charge on any atom is -0.490 e. The number of carbonyl (C=O) groups is 1. The molecule has 0 atom stereocenters. The SMILES string of the molecule is O=C(NNS(=O)(=O)c1ccc2c(c1)OCCCO2)c1ccccc1F. The van der Waals surface area contributed by atoms with Gasteiger partial charge >= 0.3 is 0 Å². The van der Waals surface area contributed by atoms with E-state index < -0.39 is 21.7 Å². The van der Waals surface area contributed by atoms with E-state index in [1.807, 2.05) is 10.3 Å². The molecule has 9 heteroatoms. The van der Waals surface area contributed by atoms with E-state index in [1.54, 1.807) is 0 Å². The number of benzene rings is 2. The van der Waals surface area contributed by atoms with Gasteiger partial charge in [-0.05, 0) is 24.3 Å². The second kappa shape index (κ2) is 7.08. The first-order valence-electron chi connectivity index (χ1n) is 7.44. The summed E-state index contributed by atoms with van der Waals surface area (Å²) in [6, 6.07) is 9.35. The van der Waals surface area contributed by atoms with Gasteiger partial charge in [0.05, 0.1) is 23.7 Å². The first kappa shape index (κ1) is 17.2. The summed E-state index contributed by atoms with van der Waals surface area (Å²) in [7, 11) is -4.06. The molecule has 1 amide bonds. The van der Waals surface area contributed by atoms with Gasteiger partial charge < -0.3 is 9.47 Å². The standard InChI is InChI=1S/C16H15FN2O5S/c17-13-5-2-1-4-12(13)16(20)18-19-25(21,22)11-6-7-14-15(10-11)24-9-3-8-23-14/h1-2,4-7,10,19H,3,8-9H2,(H,18,20). The molecule has 0 saturated heterocycles. The molecule has 0 bridgehead atoms. The molecule has 2 aromatic carbocycles. The minimum atomic E-state index is -4.06. The van der Waals surface area contributed by atoms with Gasteiger partial charge in [0.1, 0.15) is 5.82 Å². The number of nitrogens with one attached hydrogen (secondary N) is 2. The lowest BCUT2D eigenvalue weighted by Crippen LogP contribution is -2.41. The Bertz CT molecular complexity index is 901. The Kier molecular flexibility index (Phi) is 4.86. The third-order valence-electron chi connectivity index (χ3n) is 3.45. The molecule has 0 aliphatic carbocycles. The van der Waals surface area contributed by atoms with E-state index in [2.05, 4.69) is 0 Å². The highest BCUT2D eigenvalue weighted by molar-refractivity contribution is 7.89. The Morgan fingerprint density at radius 1 is 1.04 bits per heavy atom. The van der Waals surface area contributed by atoms with Gasteiger partial charge in [-0.2, -0.15) is 0 Å². The van der Waals surface area contributed by atoms with Crippen LogP contribution in [-0.2, 0) is 10.0 Å². The molecule has 2 N–H and O–H groups in total. The molecule has 132 valence electrons. The van der Waals surface area contributed by atoms with Crippen LogP contribution < -0.4 is 19.7 Å². The summed E-state index contributed by atoms with van der Waals surface area (Å²) < 4.78 is 49.0. The number of halogens is 1. The Balaban J connectivity index is 1.75. The lowest BCUT2D eigenvalue weighted by atomic mass is 10.2. The molecule has 1 aliphatic rings. The second-order valence-electron chi connectivity index (χ2n) is 5.20. The number of fused-ring (bicyclic) bond motifs is 1. The molecular formula is C16H15FN2O5S. The van der Waals surface area contributed by atoms with Crippen LogP contribution in [0.5, 0.6) is 11.5 Å². The van der Waals surface area contributed by atoms with Gasteiger partial charge in [0.15, 0.2) is 11.5 Å². The average molecular weight is 366 g/mol. The summed E-state index contributed by atoms with van der Waals surface area (Å²) in [5.74, 6) is -0.904. The van der Waals surface area contributed by atoms with E-state index in [9.17, 15) is 17.6 Å². The molecule has 0 radical (unpaired) electrons. The fourth-order valence-corrected chi connectivity index (χ4v) is 3.05. The van der Waals surface area contributed by atoms with Gasteiger partial charge in [-0.15, -0.1) is 4.83 Å². The molecule has 0 saturated carbocycles. The first-order valence-corrected chi connectivity index (χ1v) is 8.92. The highest BCUT2D eigenvalue weighted by atomic mass is 32.2. The number of hydrazine groups is 1. The molecule has 0 aromatic heterocycles. The summed E-state index contributed by atoms with van der Waals surface area (Å²) in [4.78, 5) is 13.7. The predicted octanol–water partition coefficient (Wildman–Crippen LogP) is 1.61. The van der Waals surface area contributed by atoms with Crippen molar-refractivity contribution >= 4 is 15.9 Å². The summed E-state index contributed by atoms with van der Waals surface area (Å²) in [5, 5.41) is 0. The van der Waals surface area contributed by atoms with Gasteiger partial charge in [0, 0.05) is 12.5 Å². The molecular weight excluding hydrogens is 351 g/mol.